The molecule has 150 valence electrons. The number of benzene rings is 2. The Balaban J connectivity index is 1.68. The molecule has 5 rings (SSSR count). The minimum Gasteiger partial charge on any atom is -0.494 e. The fourth-order valence-corrected chi connectivity index (χ4v) is 3.96. The number of aryl methyl sites for hydroxylation is 1. The summed E-state index contributed by atoms with van der Waals surface area (Å²) in [5.41, 5.74) is 3.38. The minimum atomic E-state index is -0.513. The summed E-state index contributed by atoms with van der Waals surface area (Å²) in [5, 5.41) is 16.2. The van der Waals surface area contributed by atoms with E-state index in [4.69, 9.17) is 20.9 Å². The van der Waals surface area contributed by atoms with Crippen LogP contribution in [0.4, 0.5) is 0 Å². The number of carbonyl (C=O) groups is 1. The molecule has 0 unspecified atom stereocenters. The Bertz CT molecular complexity index is 1440. The van der Waals surface area contributed by atoms with Gasteiger partial charge in [-0.1, -0.05) is 17.7 Å². The number of hydrogen-bond acceptors (Lipinski definition) is 5. The number of aromatic nitrogens is 3. The van der Waals surface area contributed by atoms with Gasteiger partial charge in [-0.15, -0.1) is 0 Å². The molecule has 5 aromatic rings. The van der Waals surface area contributed by atoms with E-state index in [1.165, 1.54) is 13.2 Å². The van der Waals surface area contributed by atoms with Gasteiger partial charge in [0.2, 0.25) is 17.4 Å². The van der Waals surface area contributed by atoms with Crippen molar-refractivity contribution in [1.29, 1.82) is 0 Å². The Hall–Kier alpha value is -3.71. The lowest BCUT2D eigenvalue weighted by Crippen LogP contribution is -1.99. The number of halogens is 1. The molecule has 0 saturated heterocycles. The van der Waals surface area contributed by atoms with Crippen LogP contribution in [0.1, 0.15) is 16.1 Å². The van der Waals surface area contributed by atoms with Crippen molar-refractivity contribution in [2.45, 2.75) is 0 Å². The second kappa shape index (κ2) is 6.67. The molecule has 8 heteroatoms. The number of ether oxygens (including phenoxy) is 1. The summed E-state index contributed by atoms with van der Waals surface area (Å²) in [6, 6.07) is 12.9. The summed E-state index contributed by atoms with van der Waals surface area (Å²) in [7, 11) is 3.41. The molecule has 0 aliphatic heterocycles. The van der Waals surface area contributed by atoms with Crippen LogP contribution in [0.3, 0.4) is 0 Å². The predicted octanol–water partition coefficient (Wildman–Crippen LogP) is 4.91. The molecule has 0 aliphatic carbocycles. The Kier molecular flexibility index (Phi) is 4.08. The van der Waals surface area contributed by atoms with Gasteiger partial charge in [0, 0.05) is 35.1 Å². The number of H-pyrrole nitrogens is 1. The number of aromatic amines is 1. The van der Waals surface area contributed by atoms with E-state index in [2.05, 4.69) is 10.1 Å². The molecule has 0 spiro atoms. The maximum Gasteiger partial charge on any atom is 0.254 e. The van der Waals surface area contributed by atoms with Gasteiger partial charge in [0.05, 0.1) is 29.3 Å². The number of fused-ring (bicyclic) bond motifs is 2. The molecular weight excluding hydrogens is 406 g/mol. The smallest absolute Gasteiger partial charge is 0.254 e. The van der Waals surface area contributed by atoms with E-state index >= 15 is 0 Å². The van der Waals surface area contributed by atoms with Crippen LogP contribution in [-0.4, -0.2) is 32.7 Å². The summed E-state index contributed by atoms with van der Waals surface area (Å²) in [5.74, 6) is -0.638. The Morgan fingerprint density at radius 2 is 2.07 bits per heavy atom. The third kappa shape index (κ3) is 2.74. The number of hydrogen-bond donors (Lipinski definition) is 2. The minimum absolute atomic E-state index is 0.0368. The average Bonchev–Trinajstić information content (AvgIpc) is 3.43. The van der Waals surface area contributed by atoms with Crippen molar-refractivity contribution in [1.82, 2.24) is 14.7 Å². The highest BCUT2D eigenvalue weighted by molar-refractivity contribution is 6.34. The number of rotatable bonds is 4. The first-order chi connectivity index (χ1) is 14.5. The van der Waals surface area contributed by atoms with E-state index in [1.54, 1.807) is 12.1 Å². The number of methoxy groups -OCH3 is 1. The second-order valence-corrected chi connectivity index (χ2v) is 7.40. The molecular formula is C22H16ClN3O4. The lowest BCUT2D eigenvalue weighted by atomic mass is 9.99. The van der Waals surface area contributed by atoms with Crippen molar-refractivity contribution in [3.63, 3.8) is 0 Å². The van der Waals surface area contributed by atoms with Gasteiger partial charge in [0.25, 0.3) is 5.88 Å². The molecule has 7 nitrogen and oxygen atoms in total. The summed E-state index contributed by atoms with van der Waals surface area (Å²) in [6.07, 6.45) is 1.99. The van der Waals surface area contributed by atoms with Gasteiger partial charge in [-0.2, -0.15) is 0 Å². The van der Waals surface area contributed by atoms with Gasteiger partial charge in [0.1, 0.15) is 0 Å². The van der Waals surface area contributed by atoms with Crippen molar-refractivity contribution in [3.8, 4) is 22.9 Å². The maximum absolute atomic E-state index is 13.0. The van der Waals surface area contributed by atoms with Gasteiger partial charge in [0.15, 0.2) is 0 Å². The summed E-state index contributed by atoms with van der Waals surface area (Å²) in [6.45, 7) is 0. The van der Waals surface area contributed by atoms with E-state index in [1.807, 2.05) is 42.1 Å². The highest BCUT2D eigenvalue weighted by Crippen LogP contribution is 2.38. The molecule has 2 aromatic carbocycles. The van der Waals surface area contributed by atoms with Gasteiger partial charge in [-0.05, 0) is 41.1 Å². The Labute approximate surface area is 175 Å². The maximum atomic E-state index is 13.0. The van der Waals surface area contributed by atoms with Crippen LogP contribution < -0.4 is 4.74 Å². The van der Waals surface area contributed by atoms with Crippen LogP contribution in [0.15, 0.2) is 53.2 Å². The number of aromatic hydroxyl groups is 1. The van der Waals surface area contributed by atoms with Crippen LogP contribution in [0.5, 0.6) is 11.8 Å². The molecule has 0 fully saturated rings. The van der Waals surface area contributed by atoms with Crippen LogP contribution >= 0.6 is 11.6 Å². The summed E-state index contributed by atoms with van der Waals surface area (Å²) < 4.78 is 12.1. The van der Waals surface area contributed by atoms with Crippen LogP contribution in [0.2, 0.25) is 5.02 Å². The SMILES string of the molecule is COc1cc(C(=O)c2c(O)[nH]c3cc(Cl)c(-c4ccc5c(ccn5C)c4)cc23)on1. The molecule has 0 bridgehead atoms. The van der Waals surface area contributed by atoms with E-state index in [9.17, 15) is 9.90 Å². The normalized spacial score (nSPS) is 11.4. The number of carbonyl (C=O) groups excluding carboxylic acids is 1. The number of nitrogens with zero attached hydrogens (tertiary/aromatic N) is 2. The van der Waals surface area contributed by atoms with E-state index in [-0.39, 0.29) is 23.1 Å². The summed E-state index contributed by atoms with van der Waals surface area (Å²) >= 11 is 6.54. The average molecular weight is 422 g/mol. The fourth-order valence-electron chi connectivity index (χ4n) is 3.69. The molecule has 0 atom stereocenters. The quantitative estimate of drug-likeness (QED) is 0.402. The predicted molar refractivity (Wildman–Crippen MR) is 113 cm³/mol. The van der Waals surface area contributed by atoms with Crippen LogP contribution in [0.25, 0.3) is 32.9 Å². The molecule has 0 saturated carbocycles. The summed E-state index contributed by atoms with van der Waals surface area (Å²) in [4.78, 5) is 15.8. The lowest BCUT2D eigenvalue weighted by molar-refractivity contribution is 0.0999. The van der Waals surface area contributed by atoms with Crippen molar-refractivity contribution < 1.29 is 19.2 Å². The van der Waals surface area contributed by atoms with Crippen molar-refractivity contribution >= 4 is 39.2 Å². The van der Waals surface area contributed by atoms with Gasteiger partial charge in [-0.25, -0.2) is 0 Å². The zero-order valence-electron chi connectivity index (χ0n) is 16.1. The van der Waals surface area contributed by atoms with Crippen LogP contribution in [-0.2, 0) is 7.05 Å². The number of nitrogens with one attached hydrogen (secondary N) is 1. The van der Waals surface area contributed by atoms with Gasteiger partial charge >= 0.3 is 0 Å². The first-order valence-electron chi connectivity index (χ1n) is 9.11. The van der Waals surface area contributed by atoms with Gasteiger partial charge in [-0.3, -0.25) is 4.79 Å². The third-order valence-electron chi connectivity index (χ3n) is 5.21. The molecule has 0 radical (unpaired) electrons. The molecule has 2 N–H and O–H groups in total. The first kappa shape index (κ1) is 18.3. The van der Waals surface area contributed by atoms with Crippen molar-refractivity contribution in [3.05, 3.63) is 65.0 Å². The third-order valence-corrected chi connectivity index (χ3v) is 5.52. The Morgan fingerprint density at radius 3 is 2.83 bits per heavy atom. The zero-order chi connectivity index (χ0) is 21.0. The zero-order valence-corrected chi connectivity index (χ0v) is 16.8. The monoisotopic (exact) mass is 421 g/mol. The standard InChI is InChI=1S/C22H16ClN3O4/c1-26-6-5-12-7-11(3-4-17(12)26)13-8-14-16(9-15(13)23)24-22(28)20(14)21(27)18-10-19(29-2)25-30-18/h3-10,24,28H,1-2H3. The highest BCUT2D eigenvalue weighted by atomic mass is 35.5. The lowest BCUT2D eigenvalue weighted by Gasteiger charge is -2.07. The van der Waals surface area contributed by atoms with Crippen molar-refractivity contribution in [2.75, 3.05) is 7.11 Å². The second-order valence-electron chi connectivity index (χ2n) is 6.99. The molecule has 3 aromatic heterocycles. The van der Waals surface area contributed by atoms with E-state index < -0.39 is 5.78 Å². The fraction of sp³-hybridized carbons (Fsp3) is 0.0909. The Morgan fingerprint density at radius 1 is 1.23 bits per heavy atom. The topological polar surface area (TPSA) is 93.3 Å². The van der Waals surface area contributed by atoms with Crippen molar-refractivity contribution in [2.24, 2.45) is 7.05 Å². The molecule has 3 heterocycles. The molecule has 30 heavy (non-hydrogen) atoms. The largest absolute Gasteiger partial charge is 0.494 e. The van der Waals surface area contributed by atoms with E-state index in [0.29, 0.717) is 15.9 Å². The van der Waals surface area contributed by atoms with Crippen LogP contribution in [0, 0.1) is 0 Å². The molecule has 0 aliphatic rings. The molecule has 0 amide bonds. The number of ketones is 1. The van der Waals surface area contributed by atoms with Gasteiger partial charge < -0.3 is 23.9 Å². The van der Waals surface area contributed by atoms with E-state index in [0.717, 1.165) is 22.0 Å². The highest BCUT2D eigenvalue weighted by Gasteiger charge is 2.25. The first-order valence-corrected chi connectivity index (χ1v) is 9.49.